The van der Waals surface area contributed by atoms with Crippen molar-refractivity contribution in [3.8, 4) is 6.07 Å². The zero-order valence-corrected chi connectivity index (χ0v) is 12.3. The number of anilines is 1. The Morgan fingerprint density at radius 2 is 2.00 bits per heavy atom. The van der Waals surface area contributed by atoms with E-state index in [1.54, 1.807) is 6.07 Å². The van der Waals surface area contributed by atoms with Crippen LogP contribution in [0.1, 0.15) is 36.9 Å². The number of non-ortho nitro benzene ring substituents is 1. The smallest absolute Gasteiger partial charge is 0.270 e. The predicted molar refractivity (Wildman–Crippen MR) is 85.5 cm³/mol. The van der Waals surface area contributed by atoms with Gasteiger partial charge in [-0.1, -0.05) is 43.7 Å². The molecule has 0 unspecified atom stereocenters. The van der Waals surface area contributed by atoms with Gasteiger partial charge in [0, 0.05) is 12.1 Å². The summed E-state index contributed by atoms with van der Waals surface area (Å²) >= 11 is 0. The van der Waals surface area contributed by atoms with Gasteiger partial charge in [0.05, 0.1) is 22.2 Å². The van der Waals surface area contributed by atoms with E-state index in [0.717, 1.165) is 18.4 Å². The molecule has 0 heterocycles. The van der Waals surface area contributed by atoms with Gasteiger partial charge >= 0.3 is 0 Å². The summed E-state index contributed by atoms with van der Waals surface area (Å²) in [5.74, 6) is 0. The van der Waals surface area contributed by atoms with Gasteiger partial charge in [-0.15, -0.1) is 0 Å². The molecule has 0 bridgehead atoms. The van der Waals surface area contributed by atoms with Gasteiger partial charge in [-0.05, 0) is 18.1 Å². The summed E-state index contributed by atoms with van der Waals surface area (Å²) in [6.07, 6.45) is 1.90. The molecule has 112 valence electrons. The average Bonchev–Trinajstić information content (AvgIpc) is 2.55. The van der Waals surface area contributed by atoms with Crippen LogP contribution in [0, 0.1) is 21.4 Å². The highest BCUT2D eigenvalue weighted by Crippen LogP contribution is 2.28. The van der Waals surface area contributed by atoms with E-state index in [1.165, 1.54) is 12.1 Å². The molecule has 2 rings (SSSR count). The van der Waals surface area contributed by atoms with E-state index in [4.69, 9.17) is 0 Å². The van der Waals surface area contributed by atoms with Crippen molar-refractivity contribution < 1.29 is 4.92 Å². The van der Waals surface area contributed by atoms with Crippen molar-refractivity contribution in [3.63, 3.8) is 0 Å². The summed E-state index contributed by atoms with van der Waals surface area (Å²) in [5, 5.41) is 23.4. The number of nitriles is 1. The van der Waals surface area contributed by atoms with Crippen LogP contribution in [-0.2, 0) is 0 Å². The molecule has 2 aromatic carbocycles. The summed E-state index contributed by atoms with van der Waals surface area (Å²) in [6.45, 7) is 2.10. The second kappa shape index (κ2) is 7.23. The van der Waals surface area contributed by atoms with E-state index >= 15 is 0 Å². The Bertz CT molecular complexity index is 693. The number of nitro groups is 1. The molecule has 0 fully saturated rings. The summed E-state index contributed by atoms with van der Waals surface area (Å²) in [7, 11) is 0. The Balaban J connectivity index is 2.31. The third-order valence-corrected chi connectivity index (χ3v) is 3.44. The molecule has 1 atom stereocenters. The number of nitrogens with zero attached hydrogens (tertiary/aromatic N) is 2. The summed E-state index contributed by atoms with van der Waals surface area (Å²) in [6, 6.07) is 16.4. The quantitative estimate of drug-likeness (QED) is 0.632. The minimum absolute atomic E-state index is 0.0692. The van der Waals surface area contributed by atoms with E-state index in [0.29, 0.717) is 5.69 Å². The molecule has 2 aromatic rings. The van der Waals surface area contributed by atoms with Crippen LogP contribution in [0.4, 0.5) is 11.4 Å². The van der Waals surface area contributed by atoms with Crippen molar-refractivity contribution in [2.75, 3.05) is 5.32 Å². The summed E-state index contributed by atoms with van der Waals surface area (Å²) < 4.78 is 0. The fourth-order valence-electron chi connectivity index (χ4n) is 2.35. The number of hydrogen-bond donors (Lipinski definition) is 1. The van der Waals surface area contributed by atoms with Crippen molar-refractivity contribution in [2.45, 2.75) is 25.8 Å². The second-order valence-corrected chi connectivity index (χ2v) is 5.00. The molecule has 1 N–H and O–H groups in total. The molecule has 0 saturated heterocycles. The predicted octanol–water partition coefficient (Wildman–Crippen LogP) is 4.42. The maximum absolute atomic E-state index is 10.8. The van der Waals surface area contributed by atoms with Crippen molar-refractivity contribution in [3.05, 3.63) is 69.8 Å². The Labute approximate surface area is 129 Å². The third-order valence-electron chi connectivity index (χ3n) is 3.44. The Kier molecular flexibility index (Phi) is 5.10. The molecule has 0 radical (unpaired) electrons. The molecule has 0 spiro atoms. The fraction of sp³-hybridized carbons (Fsp3) is 0.235. The lowest BCUT2D eigenvalue weighted by molar-refractivity contribution is -0.384. The molecule has 0 amide bonds. The maximum atomic E-state index is 10.8. The first kappa shape index (κ1) is 15.5. The van der Waals surface area contributed by atoms with Gasteiger partial charge in [-0.2, -0.15) is 5.26 Å². The zero-order chi connectivity index (χ0) is 15.9. The van der Waals surface area contributed by atoms with Crippen LogP contribution in [0.2, 0.25) is 0 Å². The van der Waals surface area contributed by atoms with Gasteiger partial charge in [0.1, 0.15) is 6.07 Å². The minimum Gasteiger partial charge on any atom is -0.377 e. The van der Waals surface area contributed by atoms with Crippen molar-refractivity contribution in [2.24, 2.45) is 0 Å². The molecule has 5 heteroatoms. The maximum Gasteiger partial charge on any atom is 0.270 e. The van der Waals surface area contributed by atoms with E-state index < -0.39 is 4.92 Å². The number of rotatable bonds is 6. The van der Waals surface area contributed by atoms with Gasteiger partial charge < -0.3 is 5.32 Å². The zero-order valence-electron chi connectivity index (χ0n) is 12.3. The monoisotopic (exact) mass is 295 g/mol. The molecular formula is C17H17N3O2. The second-order valence-electron chi connectivity index (χ2n) is 5.00. The third kappa shape index (κ3) is 3.61. The Morgan fingerprint density at radius 1 is 1.27 bits per heavy atom. The molecule has 0 saturated carbocycles. The standard InChI is InChI=1S/C17H17N3O2/c1-2-6-16(13-7-4-3-5-8-13)19-17-10-9-15(20(21)22)11-14(17)12-18/h3-5,7-11,16,19H,2,6H2,1H3/t16-/m0/s1. The minimum atomic E-state index is -0.495. The first-order chi connectivity index (χ1) is 10.7. The highest BCUT2D eigenvalue weighted by atomic mass is 16.6. The van der Waals surface area contributed by atoms with Crippen LogP contribution in [0.5, 0.6) is 0 Å². The largest absolute Gasteiger partial charge is 0.377 e. The molecule has 22 heavy (non-hydrogen) atoms. The summed E-state index contributed by atoms with van der Waals surface area (Å²) in [5.41, 5.74) is 1.96. The Morgan fingerprint density at radius 3 is 2.59 bits per heavy atom. The highest BCUT2D eigenvalue weighted by Gasteiger charge is 2.15. The first-order valence-electron chi connectivity index (χ1n) is 7.15. The topological polar surface area (TPSA) is 79.0 Å². The number of nitro benzene ring substituents is 1. The van der Waals surface area contributed by atoms with Crippen LogP contribution in [0.25, 0.3) is 0 Å². The lowest BCUT2D eigenvalue weighted by Crippen LogP contribution is -2.11. The van der Waals surface area contributed by atoms with Crippen molar-refractivity contribution in [1.29, 1.82) is 5.26 Å². The van der Waals surface area contributed by atoms with Crippen molar-refractivity contribution >= 4 is 11.4 Å². The van der Waals surface area contributed by atoms with Crippen LogP contribution < -0.4 is 5.32 Å². The Hall–Kier alpha value is -2.87. The molecule has 0 aliphatic rings. The van der Waals surface area contributed by atoms with Gasteiger partial charge in [-0.3, -0.25) is 10.1 Å². The van der Waals surface area contributed by atoms with Crippen molar-refractivity contribution in [1.82, 2.24) is 0 Å². The van der Waals surface area contributed by atoms with E-state index in [2.05, 4.69) is 12.2 Å². The molecule has 5 nitrogen and oxygen atoms in total. The van der Waals surface area contributed by atoms with Gasteiger partial charge in [0.25, 0.3) is 5.69 Å². The van der Waals surface area contributed by atoms with E-state index in [-0.39, 0.29) is 17.3 Å². The molecule has 0 aliphatic carbocycles. The van der Waals surface area contributed by atoms with Gasteiger partial charge in [0.15, 0.2) is 0 Å². The fourth-order valence-corrected chi connectivity index (χ4v) is 2.35. The SMILES string of the molecule is CCC[C@H](Nc1ccc([N+](=O)[O-])cc1C#N)c1ccccc1. The average molecular weight is 295 g/mol. The molecular weight excluding hydrogens is 278 g/mol. The first-order valence-corrected chi connectivity index (χ1v) is 7.15. The molecule has 0 aromatic heterocycles. The molecule has 0 aliphatic heterocycles. The van der Waals surface area contributed by atoms with Crippen LogP contribution in [-0.4, -0.2) is 4.92 Å². The lowest BCUT2D eigenvalue weighted by Gasteiger charge is -2.20. The van der Waals surface area contributed by atoms with Crippen LogP contribution >= 0.6 is 0 Å². The van der Waals surface area contributed by atoms with Gasteiger partial charge in [0.2, 0.25) is 0 Å². The summed E-state index contributed by atoms with van der Waals surface area (Å²) in [4.78, 5) is 10.3. The van der Waals surface area contributed by atoms with Gasteiger partial charge in [-0.25, -0.2) is 0 Å². The van der Waals surface area contributed by atoms with Crippen LogP contribution in [0.3, 0.4) is 0 Å². The van der Waals surface area contributed by atoms with E-state index in [1.807, 2.05) is 36.4 Å². The van der Waals surface area contributed by atoms with Crippen LogP contribution in [0.15, 0.2) is 48.5 Å². The normalized spacial score (nSPS) is 11.5. The van der Waals surface area contributed by atoms with E-state index in [9.17, 15) is 15.4 Å². The number of nitrogens with one attached hydrogen (secondary N) is 1. The number of benzene rings is 2. The number of hydrogen-bond acceptors (Lipinski definition) is 4. The highest BCUT2D eigenvalue weighted by molar-refractivity contribution is 5.62. The lowest BCUT2D eigenvalue weighted by atomic mass is 10.0.